The average molecular weight is 248 g/mol. The highest BCUT2D eigenvalue weighted by Crippen LogP contribution is 2.14. The van der Waals surface area contributed by atoms with Gasteiger partial charge in [0.05, 0.1) is 36.7 Å². The molecule has 0 aromatic carbocycles. The number of methoxy groups -OCH3 is 2. The van der Waals surface area contributed by atoms with Gasteiger partial charge in [-0.2, -0.15) is 5.10 Å². The SMILES string of the molecule is COCCNCc1c(Cl)cnn1CCOC. The van der Waals surface area contributed by atoms with Gasteiger partial charge in [0, 0.05) is 27.3 Å². The van der Waals surface area contributed by atoms with E-state index in [0.29, 0.717) is 31.3 Å². The Morgan fingerprint density at radius 2 is 2.12 bits per heavy atom. The average Bonchev–Trinajstić information content (AvgIpc) is 2.63. The molecule has 1 heterocycles. The smallest absolute Gasteiger partial charge is 0.0831 e. The highest BCUT2D eigenvalue weighted by molar-refractivity contribution is 6.31. The molecular formula is C10H18ClN3O2. The minimum atomic E-state index is 0.628. The van der Waals surface area contributed by atoms with E-state index in [2.05, 4.69) is 10.4 Å². The van der Waals surface area contributed by atoms with Crippen molar-refractivity contribution in [2.45, 2.75) is 13.1 Å². The molecule has 0 unspecified atom stereocenters. The number of rotatable bonds is 8. The van der Waals surface area contributed by atoms with E-state index in [1.807, 2.05) is 4.68 Å². The number of hydrogen-bond acceptors (Lipinski definition) is 4. The second kappa shape index (κ2) is 7.62. The first-order chi connectivity index (χ1) is 7.79. The minimum absolute atomic E-state index is 0.628. The van der Waals surface area contributed by atoms with Crippen molar-refractivity contribution >= 4 is 11.6 Å². The maximum absolute atomic E-state index is 6.04. The van der Waals surface area contributed by atoms with E-state index in [9.17, 15) is 0 Å². The van der Waals surface area contributed by atoms with Crippen LogP contribution in [-0.4, -0.2) is 43.8 Å². The summed E-state index contributed by atoms with van der Waals surface area (Å²) in [5, 5.41) is 8.10. The third-order valence-electron chi connectivity index (χ3n) is 2.18. The molecule has 0 aliphatic carbocycles. The summed E-state index contributed by atoms with van der Waals surface area (Å²) in [4.78, 5) is 0. The fourth-order valence-electron chi connectivity index (χ4n) is 1.32. The molecule has 0 fully saturated rings. The van der Waals surface area contributed by atoms with Crippen molar-refractivity contribution in [1.29, 1.82) is 0 Å². The van der Waals surface area contributed by atoms with Crippen LogP contribution in [0.15, 0.2) is 6.20 Å². The summed E-state index contributed by atoms with van der Waals surface area (Å²) in [6, 6.07) is 0. The van der Waals surface area contributed by atoms with Gasteiger partial charge in [0.15, 0.2) is 0 Å². The van der Waals surface area contributed by atoms with Gasteiger partial charge in [0.2, 0.25) is 0 Å². The molecule has 16 heavy (non-hydrogen) atoms. The van der Waals surface area contributed by atoms with Crippen LogP contribution in [0.1, 0.15) is 5.69 Å². The first-order valence-corrected chi connectivity index (χ1v) is 5.56. The molecule has 0 atom stereocenters. The topological polar surface area (TPSA) is 48.3 Å². The summed E-state index contributed by atoms with van der Waals surface area (Å²) in [5.41, 5.74) is 0.981. The molecule has 0 aliphatic heterocycles. The van der Waals surface area contributed by atoms with E-state index in [1.165, 1.54) is 0 Å². The molecule has 0 radical (unpaired) electrons. The number of hydrogen-bond donors (Lipinski definition) is 1. The van der Waals surface area contributed by atoms with E-state index in [1.54, 1.807) is 20.4 Å². The van der Waals surface area contributed by atoms with Crippen LogP contribution >= 0.6 is 11.6 Å². The van der Waals surface area contributed by atoms with Gasteiger partial charge < -0.3 is 14.8 Å². The number of ether oxygens (including phenoxy) is 2. The van der Waals surface area contributed by atoms with Crippen molar-refractivity contribution in [3.8, 4) is 0 Å². The fourth-order valence-corrected chi connectivity index (χ4v) is 1.52. The van der Waals surface area contributed by atoms with Crippen molar-refractivity contribution in [3.63, 3.8) is 0 Å². The lowest BCUT2D eigenvalue weighted by Gasteiger charge is -2.08. The quantitative estimate of drug-likeness (QED) is 0.694. The zero-order valence-corrected chi connectivity index (χ0v) is 10.5. The largest absolute Gasteiger partial charge is 0.383 e. The minimum Gasteiger partial charge on any atom is -0.383 e. The van der Waals surface area contributed by atoms with Crippen LogP contribution in [0.5, 0.6) is 0 Å². The Bertz CT molecular complexity index is 304. The standard InChI is InChI=1S/C10H18ClN3O2/c1-15-5-3-12-8-10-9(11)7-13-14(10)4-6-16-2/h7,12H,3-6,8H2,1-2H3. The molecule has 0 aliphatic rings. The summed E-state index contributed by atoms with van der Waals surface area (Å²) in [6.07, 6.45) is 1.66. The summed E-state index contributed by atoms with van der Waals surface area (Å²) in [6.45, 7) is 3.51. The van der Waals surface area contributed by atoms with Crippen molar-refractivity contribution in [1.82, 2.24) is 15.1 Å². The third kappa shape index (κ3) is 4.09. The van der Waals surface area contributed by atoms with Gasteiger partial charge in [-0.1, -0.05) is 11.6 Å². The van der Waals surface area contributed by atoms with Crippen molar-refractivity contribution in [3.05, 3.63) is 16.9 Å². The van der Waals surface area contributed by atoms with E-state index in [-0.39, 0.29) is 0 Å². The van der Waals surface area contributed by atoms with Gasteiger partial charge in [0.1, 0.15) is 0 Å². The molecule has 1 aromatic heterocycles. The number of nitrogens with one attached hydrogen (secondary N) is 1. The molecule has 0 saturated carbocycles. The van der Waals surface area contributed by atoms with Crippen LogP contribution in [0.4, 0.5) is 0 Å². The van der Waals surface area contributed by atoms with Gasteiger partial charge in [-0.25, -0.2) is 0 Å². The molecule has 0 amide bonds. The maximum Gasteiger partial charge on any atom is 0.0831 e. The molecule has 0 saturated heterocycles. The molecule has 0 spiro atoms. The number of halogens is 1. The number of aromatic nitrogens is 2. The van der Waals surface area contributed by atoms with E-state index < -0.39 is 0 Å². The van der Waals surface area contributed by atoms with Crippen LogP contribution in [0, 0.1) is 0 Å². The van der Waals surface area contributed by atoms with Crippen LogP contribution < -0.4 is 5.32 Å². The van der Waals surface area contributed by atoms with Crippen LogP contribution in [0.2, 0.25) is 5.02 Å². The highest BCUT2D eigenvalue weighted by Gasteiger charge is 2.07. The van der Waals surface area contributed by atoms with Crippen molar-refractivity contribution in [2.75, 3.05) is 34.0 Å². The lowest BCUT2D eigenvalue weighted by Crippen LogP contribution is -2.21. The van der Waals surface area contributed by atoms with E-state index in [0.717, 1.165) is 12.2 Å². The molecule has 0 bridgehead atoms. The lowest BCUT2D eigenvalue weighted by atomic mass is 10.4. The van der Waals surface area contributed by atoms with Crippen molar-refractivity contribution in [2.24, 2.45) is 0 Å². The van der Waals surface area contributed by atoms with E-state index >= 15 is 0 Å². The number of nitrogens with zero attached hydrogens (tertiary/aromatic N) is 2. The predicted octanol–water partition coefficient (Wildman–Crippen LogP) is 0.919. The Kier molecular flexibility index (Phi) is 6.40. The molecule has 1 N–H and O–H groups in total. The Morgan fingerprint density at radius 3 is 2.81 bits per heavy atom. The van der Waals surface area contributed by atoms with Gasteiger partial charge in [-0.05, 0) is 0 Å². The monoisotopic (exact) mass is 247 g/mol. The van der Waals surface area contributed by atoms with Crippen LogP contribution in [-0.2, 0) is 22.6 Å². The lowest BCUT2D eigenvalue weighted by molar-refractivity contribution is 0.181. The molecule has 1 rings (SSSR count). The van der Waals surface area contributed by atoms with Crippen LogP contribution in [0.25, 0.3) is 0 Å². The second-order valence-corrected chi connectivity index (χ2v) is 3.73. The predicted molar refractivity (Wildman–Crippen MR) is 62.7 cm³/mol. The highest BCUT2D eigenvalue weighted by atomic mass is 35.5. The van der Waals surface area contributed by atoms with Gasteiger partial charge in [0.25, 0.3) is 0 Å². The summed E-state index contributed by atoms with van der Waals surface area (Å²) in [5.74, 6) is 0. The first kappa shape index (κ1) is 13.4. The Hall–Kier alpha value is -0.620. The van der Waals surface area contributed by atoms with Crippen molar-refractivity contribution < 1.29 is 9.47 Å². The Balaban J connectivity index is 2.45. The molecule has 5 nitrogen and oxygen atoms in total. The van der Waals surface area contributed by atoms with Gasteiger partial charge in [-0.3, -0.25) is 4.68 Å². The zero-order chi connectivity index (χ0) is 11.8. The Morgan fingerprint density at radius 1 is 1.38 bits per heavy atom. The fraction of sp³-hybridized carbons (Fsp3) is 0.700. The summed E-state index contributed by atoms with van der Waals surface area (Å²) < 4.78 is 11.8. The molecule has 6 heteroatoms. The molecular weight excluding hydrogens is 230 g/mol. The van der Waals surface area contributed by atoms with E-state index in [4.69, 9.17) is 21.1 Å². The molecule has 92 valence electrons. The third-order valence-corrected chi connectivity index (χ3v) is 2.50. The Labute approximate surface area is 101 Å². The zero-order valence-electron chi connectivity index (χ0n) is 9.70. The summed E-state index contributed by atoms with van der Waals surface area (Å²) in [7, 11) is 3.35. The van der Waals surface area contributed by atoms with Gasteiger partial charge >= 0.3 is 0 Å². The molecule has 1 aromatic rings. The first-order valence-electron chi connectivity index (χ1n) is 5.18. The van der Waals surface area contributed by atoms with Crippen LogP contribution in [0.3, 0.4) is 0 Å². The summed E-state index contributed by atoms with van der Waals surface area (Å²) >= 11 is 6.04. The maximum atomic E-state index is 6.04. The normalized spacial score (nSPS) is 10.9. The second-order valence-electron chi connectivity index (χ2n) is 3.32. The van der Waals surface area contributed by atoms with Gasteiger partial charge in [-0.15, -0.1) is 0 Å².